The van der Waals surface area contributed by atoms with E-state index in [1.165, 1.54) is 6.26 Å². The molecule has 0 aromatic heterocycles. The molecule has 0 spiro atoms. The second kappa shape index (κ2) is 8.87. The number of hydrogen-bond donors (Lipinski definition) is 2. The highest BCUT2D eigenvalue weighted by atomic mass is 32.2. The van der Waals surface area contributed by atoms with Crippen LogP contribution in [-0.4, -0.2) is 69.9 Å². The smallest absolute Gasteiger partial charge is 0.225 e. The van der Waals surface area contributed by atoms with Gasteiger partial charge in [0.2, 0.25) is 5.91 Å². The Hall–Kier alpha value is -1.31. The Bertz CT molecular complexity index is 585. The number of amides is 1. The highest BCUT2D eigenvalue weighted by molar-refractivity contribution is 7.90. The topological polar surface area (TPSA) is 90.9 Å². The molecule has 1 atom stereocenters. The number of nitrogens with one attached hydrogen (secondary N) is 2. The van der Waals surface area contributed by atoms with Crippen LogP contribution in [-0.2, 0) is 14.6 Å². The van der Waals surface area contributed by atoms with Crippen LogP contribution in [0.4, 0.5) is 0 Å². The molecule has 0 saturated carbocycles. The maximum absolute atomic E-state index is 12.1. The highest BCUT2D eigenvalue weighted by Gasteiger charge is 2.28. The van der Waals surface area contributed by atoms with Gasteiger partial charge in [-0.1, -0.05) is 27.7 Å². The number of nitrogens with zero attached hydrogens (tertiary/aromatic N) is 2. The highest BCUT2D eigenvalue weighted by Crippen LogP contribution is 2.20. The zero-order valence-corrected chi connectivity index (χ0v) is 17.2. The SMILES string of the molecule is CN=C(NCC(C)(C)CCS(C)(=O)=O)NC1CCN(C(=O)C(C)C)C1. The van der Waals surface area contributed by atoms with E-state index in [1.54, 1.807) is 7.05 Å². The normalized spacial score (nSPS) is 19.4. The molecule has 0 bridgehead atoms. The number of guanidine groups is 1. The van der Waals surface area contributed by atoms with E-state index in [1.807, 2.05) is 32.6 Å². The number of aliphatic imine (C=N–C) groups is 1. The number of sulfone groups is 1. The Morgan fingerprint density at radius 2 is 2.00 bits per heavy atom. The van der Waals surface area contributed by atoms with Crippen molar-refractivity contribution in [3.63, 3.8) is 0 Å². The molecule has 0 aromatic carbocycles. The summed E-state index contributed by atoms with van der Waals surface area (Å²) in [6.07, 6.45) is 2.76. The van der Waals surface area contributed by atoms with Gasteiger partial charge < -0.3 is 15.5 Å². The third-order valence-electron chi connectivity index (χ3n) is 4.44. The van der Waals surface area contributed by atoms with Gasteiger partial charge >= 0.3 is 0 Å². The Morgan fingerprint density at radius 3 is 2.52 bits per heavy atom. The van der Waals surface area contributed by atoms with Gasteiger partial charge in [-0.25, -0.2) is 8.42 Å². The van der Waals surface area contributed by atoms with Crippen molar-refractivity contribution in [2.75, 3.05) is 38.7 Å². The molecule has 0 aromatic rings. The molecule has 1 heterocycles. The van der Waals surface area contributed by atoms with Gasteiger partial charge in [-0.2, -0.15) is 0 Å². The first-order valence-corrected chi connectivity index (χ1v) is 10.9. The molecule has 0 aliphatic carbocycles. The van der Waals surface area contributed by atoms with Crippen LogP contribution >= 0.6 is 0 Å². The van der Waals surface area contributed by atoms with Crippen molar-refractivity contribution in [2.45, 2.75) is 46.6 Å². The van der Waals surface area contributed by atoms with Crippen LogP contribution in [0.15, 0.2) is 4.99 Å². The van der Waals surface area contributed by atoms with Gasteiger partial charge in [0.1, 0.15) is 9.84 Å². The predicted molar refractivity (Wildman–Crippen MR) is 102 cm³/mol. The molecule has 25 heavy (non-hydrogen) atoms. The van der Waals surface area contributed by atoms with Crippen LogP contribution in [0.2, 0.25) is 0 Å². The molecular weight excluding hydrogens is 340 g/mol. The van der Waals surface area contributed by atoms with Crippen LogP contribution in [0.1, 0.15) is 40.5 Å². The third-order valence-corrected chi connectivity index (χ3v) is 5.39. The van der Waals surface area contributed by atoms with Crippen molar-refractivity contribution in [1.29, 1.82) is 0 Å². The molecule has 2 N–H and O–H groups in total. The largest absolute Gasteiger partial charge is 0.356 e. The van der Waals surface area contributed by atoms with E-state index >= 15 is 0 Å². The summed E-state index contributed by atoms with van der Waals surface area (Å²) in [5.41, 5.74) is -0.157. The fourth-order valence-electron chi connectivity index (χ4n) is 2.70. The number of hydrogen-bond acceptors (Lipinski definition) is 4. The van der Waals surface area contributed by atoms with Crippen molar-refractivity contribution < 1.29 is 13.2 Å². The van der Waals surface area contributed by atoms with Crippen LogP contribution in [0.25, 0.3) is 0 Å². The number of likely N-dealkylation sites (tertiary alicyclic amines) is 1. The summed E-state index contributed by atoms with van der Waals surface area (Å²) in [6, 6.07) is 0.188. The number of rotatable bonds is 7. The lowest BCUT2D eigenvalue weighted by molar-refractivity contribution is -0.133. The summed E-state index contributed by atoms with van der Waals surface area (Å²) < 4.78 is 22.7. The minimum atomic E-state index is -2.95. The summed E-state index contributed by atoms with van der Waals surface area (Å²) in [5, 5.41) is 6.64. The number of carbonyl (C=O) groups excluding carboxylic acids is 1. The molecular formula is C17H34N4O3S. The third kappa shape index (κ3) is 8.07. The van der Waals surface area contributed by atoms with Crippen molar-refractivity contribution in [3.8, 4) is 0 Å². The van der Waals surface area contributed by atoms with Gasteiger partial charge in [-0.05, 0) is 18.3 Å². The molecule has 8 heteroatoms. The van der Waals surface area contributed by atoms with Gasteiger partial charge in [0.05, 0.1) is 5.75 Å². The average molecular weight is 375 g/mol. The molecule has 1 rings (SSSR count). The maximum atomic E-state index is 12.1. The summed E-state index contributed by atoms with van der Waals surface area (Å²) in [7, 11) is -1.24. The van der Waals surface area contributed by atoms with E-state index in [-0.39, 0.29) is 29.0 Å². The van der Waals surface area contributed by atoms with Crippen LogP contribution < -0.4 is 10.6 Å². The first-order valence-electron chi connectivity index (χ1n) is 8.87. The molecule has 1 aliphatic heterocycles. The van der Waals surface area contributed by atoms with E-state index in [0.717, 1.165) is 13.0 Å². The second-order valence-corrected chi connectivity index (χ2v) is 10.3. The summed E-state index contributed by atoms with van der Waals surface area (Å²) in [5.74, 6) is 1.08. The molecule has 1 amide bonds. The monoisotopic (exact) mass is 374 g/mol. The lowest BCUT2D eigenvalue weighted by Crippen LogP contribution is -2.47. The first kappa shape index (κ1) is 21.7. The van der Waals surface area contributed by atoms with Crippen molar-refractivity contribution >= 4 is 21.7 Å². The fourth-order valence-corrected chi connectivity index (χ4v) is 3.63. The lowest BCUT2D eigenvalue weighted by Gasteiger charge is -2.27. The van der Waals surface area contributed by atoms with E-state index in [0.29, 0.717) is 25.5 Å². The van der Waals surface area contributed by atoms with Gasteiger partial charge in [-0.15, -0.1) is 0 Å². The summed E-state index contributed by atoms with van der Waals surface area (Å²) in [6.45, 7) is 10.0. The van der Waals surface area contributed by atoms with E-state index in [4.69, 9.17) is 0 Å². The lowest BCUT2D eigenvalue weighted by atomic mass is 9.90. The quantitative estimate of drug-likeness (QED) is 0.510. The van der Waals surface area contributed by atoms with Gasteiger partial charge in [0.15, 0.2) is 5.96 Å². The van der Waals surface area contributed by atoms with Crippen LogP contribution in [0, 0.1) is 11.3 Å². The first-order chi connectivity index (χ1) is 11.4. The zero-order valence-electron chi connectivity index (χ0n) is 16.4. The molecule has 1 unspecified atom stereocenters. The van der Waals surface area contributed by atoms with Gasteiger partial charge in [0, 0.05) is 44.9 Å². The molecule has 7 nitrogen and oxygen atoms in total. The summed E-state index contributed by atoms with van der Waals surface area (Å²) in [4.78, 5) is 18.2. The standard InChI is InChI=1S/C17H34N4O3S/c1-13(2)15(22)21-9-7-14(11-21)20-16(18-5)19-12-17(3,4)8-10-25(6,23)24/h13-14H,7-12H2,1-6H3,(H2,18,19,20). The Balaban J connectivity index is 2.46. The zero-order chi connectivity index (χ0) is 19.3. The molecule has 1 saturated heterocycles. The maximum Gasteiger partial charge on any atom is 0.225 e. The Morgan fingerprint density at radius 1 is 1.36 bits per heavy atom. The molecule has 146 valence electrons. The van der Waals surface area contributed by atoms with Crippen LogP contribution in [0.3, 0.4) is 0 Å². The average Bonchev–Trinajstić information content (AvgIpc) is 2.96. The fraction of sp³-hybridized carbons (Fsp3) is 0.882. The van der Waals surface area contributed by atoms with E-state index in [9.17, 15) is 13.2 Å². The molecule has 1 fully saturated rings. The molecule has 1 aliphatic rings. The Labute approximate surface area is 152 Å². The van der Waals surface area contributed by atoms with Crippen LogP contribution in [0.5, 0.6) is 0 Å². The molecule has 0 radical (unpaired) electrons. The van der Waals surface area contributed by atoms with Crippen molar-refractivity contribution in [2.24, 2.45) is 16.3 Å². The van der Waals surface area contributed by atoms with Gasteiger partial charge in [-0.3, -0.25) is 9.79 Å². The number of carbonyl (C=O) groups is 1. The minimum absolute atomic E-state index is 0.0202. The van der Waals surface area contributed by atoms with E-state index in [2.05, 4.69) is 15.6 Å². The van der Waals surface area contributed by atoms with E-state index < -0.39 is 9.84 Å². The summed E-state index contributed by atoms with van der Waals surface area (Å²) >= 11 is 0. The second-order valence-electron chi connectivity index (χ2n) is 8.04. The minimum Gasteiger partial charge on any atom is -0.356 e. The predicted octanol–water partition coefficient (Wildman–Crippen LogP) is 0.869. The van der Waals surface area contributed by atoms with Crippen molar-refractivity contribution in [3.05, 3.63) is 0 Å². The van der Waals surface area contributed by atoms with Crippen molar-refractivity contribution in [1.82, 2.24) is 15.5 Å². The van der Waals surface area contributed by atoms with Gasteiger partial charge in [0.25, 0.3) is 0 Å². The Kier molecular flexibility index (Phi) is 7.71.